The van der Waals surface area contributed by atoms with Crippen molar-refractivity contribution in [3.05, 3.63) is 123 Å². The quantitative estimate of drug-likeness (QED) is 0.218. The Morgan fingerprint density at radius 2 is 1.74 bits per heavy atom. The summed E-state index contributed by atoms with van der Waals surface area (Å²) in [4.78, 5) is 0. The zero-order valence-corrected chi connectivity index (χ0v) is 25.0. The van der Waals surface area contributed by atoms with Crippen molar-refractivity contribution >= 4 is 33.5 Å². The Hall–Kier alpha value is -3.33. The molecule has 1 unspecified atom stereocenters. The van der Waals surface area contributed by atoms with Crippen molar-refractivity contribution in [3.8, 4) is 0 Å². The van der Waals surface area contributed by atoms with Crippen molar-refractivity contribution in [2.45, 2.75) is 38.4 Å². The van der Waals surface area contributed by atoms with Gasteiger partial charge >= 0.3 is 0 Å². The summed E-state index contributed by atoms with van der Waals surface area (Å²) in [5.41, 5.74) is 4.16. The van der Waals surface area contributed by atoms with Gasteiger partial charge in [-0.1, -0.05) is 60.5 Å². The highest BCUT2D eigenvalue weighted by molar-refractivity contribution is 7.88. The summed E-state index contributed by atoms with van der Waals surface area (Å²) in [5.74, 6) is -0.923. The summed E-state index contributed by atoms with van der Waals surface area (Å²) in [5, 5.41) is 11.8. The van der Waals surface area contributed by atoms with Gasteiger partial charge in [-0.3, -0.25) is 0 Å². The smallest absolute Gasteiger partial charge is 0.218 e. The van der Waals surface area contributed by atoms with Gasteiger partial charge in [-0.05, 0) is 96.2 Å². The largest absolute Gasteiger partial charge is 0.355 e. The summed E-state index contributed by atoms with van der Waals surface area (Å²) in [6, 6.07) is 19.4. The van der Waals surface area contributed by atoms with Crippen LogP contribution in [0.1, 0.15) is 37.3 Å². The van der Waals surface area contributed by atoms with Gasteiger partial charge in [0.15, 0.2) is 0 Å². The van der Waals surface area contributed by atoms with Crippen molar-refractivity contribution in [3.63, 3.8) is 0 Å². The first-order valence-corrected chi connectivity index (χ1v) is 16.0. The minimum atomic E-state index is -3.80. The third kappa shape index (κ3) is 6.51. The number of hydrogen-bond acceptors (Lipinski definition) is 4. The fraction of sp³-hybridized carbons (Fsp3) is 0.303. The molecule has 0 aliphatic heterocycles. The molecule has 0 saturated heterocycles. The number of benzene rings is 3. The zero-order chi connectivity index (χ0) is 29.9. The fourth-order valence-electron chi connectivity index (χ4n) is 6.11. The van der Waals surface area contributed by atoms with E-state index in [0.29, 0.717) is 22.6 Å². The molecule has 3 aromatic carbocycles. The van der Waals surface area contributed by atoms with E-state index in [1.165, 1.54) is 34.3 Å². The van der Waals surface area contributed by atoms with Crippen LogP contribution in [0.2, 0.25) is 5.02 Å². The normalized spacial score (nSPS) is 20.4. The van der Waals surface area contributed by atoms with Crippen LogP contribution >= 0.6 is 11.6 Å². The maximum atomic E-state index is 14.5. The molecule has 0 heterocycles. The van der Waals surface area contributed by atoms with Crippen LogP contribution < -0.4 is 5.32 Å². The Labute approximate surface area is 251 Å². The Kier molecular flexibility index (Phi) is 8.97. The van der Waals surface area contributed by atoms with Gasteiger partial charge in [0, 0.05) is 35.7 Å². The number of sulfonamides is 1. The zero-order valence-electron chi connectivity index (χ0n) is 23.4. The van der Waals surface area contributed by atoms with Crippen molar-refractivity contribution in [1.82, 2.24) is 4.31 Å². The summed E-state index contributed by atoms with van der Waals surface area (Å²) >= 11 is 6.33. The topological polar surface area (TPSA) is 73.3 Å². The first-order valence-electron chi connectivity index (χ1n) is 14.0. The molecule has 1 fully saturated rings. The summed E-state index contributed by atoms with van der Waals surface area (Å²) in [7, 11) is -3.80. The molecular weight excluding hydrogens is 576 g/mol. The lowest BCUT2D eigenvalue weighted by Crippen LogP contribution is -2.41. The van der Waals surface area contributed by atoms with Crippen LogP contribution in [0.25, 0.3) is 0 Å². The fourth-order valence-corrected chi connectivity index (χ4v) is 8.00. The van der Waals surface area contributed by atoms with E-state index in [4.69, 9.17) is 17.0 Å². The Morgan fingerprint density at radius 3 is 2.43 bits per heavy atom. The van der Waals surface area contributed by atoms with Gasteiger partial charge in [-0.25, -0.2) is 21.5 Å². The van der Waals surface area contributed by atoms with E-state index in [1.54, 1.807) is 54.6 Å². The SMILES string of the molecule is C[C@]12CC(C=N)=C(Nc3ccc(F)cc3)C=C1CCC2CN(CCc1ccccc1F)S(=O)(=O)Cc1ccccc1Cl. The predicted molar refractivity (Wildman–Crippen MR) is 165 cm³/mol. The van der Waals surface area contributed by atoms with E-state index in [0.717, 1.165) is 29.8 Å². The van der Waals surface area contributed by atoms with E-state index < -0.39 is 10.0 Å². The molecule has 0 radical (unpaired) electrons. The first-order chi connectivity index (χ1) is 20.1. The van der Waals surface area contributed by atoms with Crippen molar-refractivity contribution in [2.75, 3.05) is 18.4 Å². The Bertz CT molecular complexity index is 1640. The summed E-state index contributed by atoms with van der Waals surface area (Å²) < 4.78 is 57.2. The minimum absolute atomic E-state index is 0.00675. The second kappa shape index (κ2) is 12.5. The summed E-state index contributed by atoms with van der Waals surface area (Å²) in [6.45, 7) is 2.56. The van der Waals surface area contributed by atoms with E-state index in [1.807, 2.05) is 0 Å². The average Bonchev–Trinajstić information content (AvgIpc) is 3.28. The molecule has 0 bridgehead atoms. The highest BCUT2D eigenvalue weighted by atomic mass is 35.5. The third-order valence-electron chi connectivity index (χ3n) is 8.62. The van der Waals surface area contributed by atoms with Gasteiger partial charge in [-0.15, -0.1) is 0 Å². The number of nitrogens with zero attached hydrogens (tertiary/aromatic N) is 1. The lowest BCUT2D eigenvalue weighted by molar-refractivity contribution is 0.221. The van der Waals surface area contributed by atoms with Crippen LogP contribution in [0, 0.1) is 28.4 Å². The van der Waals surface area contributed by atoms with Crippen molar-refractivity contribution in [1.29, 1.82) is 5.41 Å². The molecule has 2 atom stereocenters. The molecule has 220 valence electrons. The van der Waals surface area contributed by atoms with Crippen LogP contribution in [0.5, 0.6) is 0 Å². The van der Waals surface area contributed by atoms with E-state index in [-0.39, 0.29) is 48.2 Å². The van der Waals surface area contributed by atoms with Gasteiger partial charge in [0.1, 0.15) is 11.6 Å². The molecule has 42 heavy (non-hydrogen) atoms. The predicted octanol–water partition coefficient (Wildman–Crippen LogP) is 7.75. The Morgan fingerprint density at radius 1 is 1.05 bits per heavy atom. The van der Waals surface area contributed by atoms with Crippen LogP contribution in [0.3, 0.4) is 0 Å². The van der Waals surface area contributed by atoms with E-state index in [2.05, 4.69) is 18.3 Å². The van der Waals surface area contributed by atoms with Crippen LogP contribution in [0.4, 0.5) is 14.5 Å². The van der Waals surface area contributed by atoms with Crippen molar-refractivity contribution in [2.24, 2.45) is 11.3 Å². The van der Waals surface area contributed by atoms with E-state index >= 15 is 0 Å². The van der Waals surface area contributed by atoms with Crippen LogP contribution in [-0.2, 0) is 22.2 Å². The van der Waals surface area contributed by atoms with Crippen LogP contribution in [-0.4, -0.2) is 32.0 Å². The maximum absolute atomic E-state index is 14.5. The number of halogens is 3. The molecule has 1 saturated carbocycles. The molecule has 0 spiro atoms. The number of hydrogen-bond donors (Lipinski definition) is 2. The molecule has 2 N–H and O–H groups in total. The monoisotopic (exact) mass is 609 g/mol. The molecular formula is C33H34ClF2N3O2S. The molecule has 3 aromatic rings. The number of anilines is 1. The minimum Gasteiger partial charge on any atom is -0.355 e. The average molecular weight is 610 g/mol. The standard InChI is InChI=1S/C33H34ClF2N3O2S/c1-33-19-25(20-37)32(38-29-14-12-28(35)13-15-29)18-26(33)10-11-27(33)21-39(17-16-23-6-3-5-9-31(23)36)42(40,41)22-24-7-2-4-8-30(24)34/h2-9,12-15,18,20,27,37-38H,10-11,16-17,19,21-22H2,1H3/t27?,33-/m0/s1. The molecule has 0 amide bonds. The first kappa shape index (κ1) is 30.1. The van der Waals surface area contributed by atoms with Gasteiger partial charge in [0.25, 0.3) is 0 Å². The second-order valence-corrected chi connectivity index (χ2v) is 13.6. The van der Waals surface area contributed by atoms with E-state index in [9.17, 15) is 17.2 Å². The highest BCUT2D eigenvalue weighted by Gasteiger charge is 2.46. The highest BCUT2D eigenvalue weighted by Crippen LogP contribution is 2.54. The number of allylic oxidation sites excluding steroid dienone is 3. The molecule has 2 aliphatic rings. The molecule has 5 rings (SSSR count). The number of fused-ring (bicyclic) bond motifs is 1. The Balaban J connectivity index is 1.40. The number of rotatable bonds is 11. The van der Waals surface area contributed by atoms with Gasteiger partial charge in [-0.2, -0.15) is 0 Å². The second-order valence-electron chi connectivity index (χ2n) is 11.3. The lowest BCUT2D eigenvalue weighted by Gasteiger charge is -2.39. The van der Waals surface area contributed by atoms with Crippen LogP contribution in [0.15, 0.2) is 95.7 Å². The molecule has 9 heteroatoms. The number of nitrogens with one attached hydrogen (secondary N) is 2. The van der Waals surface area contributed by atoms with Gasteiger partial charge < -0.3 is 10.7 Å². The maximum Gasteiger partial charge on any atom is 0.218 e. The molecule has 5 nitrogen and oxygen atoms in total. The van der Waals surface area contributed by atoms with Gasteiger partial charge in [0.2, 0.25) is 10.0 Å². The van der Waals surface area contributed by atoms with Gasteiger partial charge in [0.05, 0.1) is 5.75 Å². The lowest BCUT2D eigenvalue weighted by atomic mass is 9.69. The molecule has 0 aromatic heterocycles. The third-order valence-corrected chi connectivity index (χ3v) is 10.8. The molecule has 2 aliphatic carbocycles. The summed E-state index contributed by atoms with van der Waals surface area (Å²) in [6.07, 6.45) is 5.81. The van der Waals surface area contributed by atoms with Crippen molar-refractivity contribution < 1.29 is 17.2 Å².